The predicted molar refractivity (Wildman–Crippen MR) is 98.4 cm³/mol. The van der Waals surface area contributed by atoms with Gasteiger partial charge in [-0.2, -0.15) is 0 Å². The number of ether oxygens (including phenoxy) is 1. The van der Waals surface area contributed by atoms with E-state index in [4.69, 9.17) is 4.74 Å². The summed E-state index contributed by atoms with van der Waals surface area (Å²) in [6, 6.07) is 6.17. The number of nitrogens with one attached hydrogen (secondary N) is 3. The van der Waals surface area contributed by atoms with Crippen molar-refractivity contribution < 1.29 is 9.53 Å². The van der Waals surface area contributed by atoms with Crippen LogP contribution in [0.1, 0.15) is 31.9 Å². The number of benzene rings is 1. The van der Waals surface area contributed by atoms with Crippen molar-refractivity contribution in [2.75, 3.05) is 26.7 Å². The minimum absolute atomic E-state index is 0.000890. The van der Waals surface area contributed by atoms with Gasteiger partial charge in [-0.25, -0.2) is 0 Å². The first-order valence-corrected chi connectivity index (χ1v) is 8.42. The van der Waals surface area contributed by atoms with Crippen molar-refractivity contribution in [3.63, 3.8) is 0 Å². The van der Waals surface area contributed by atoms with Gasteiger partial charge in [0.25, 0.3) is 0 Å². The Bertz CT molecular complexity index is 556. The Morgan fingerprint density at radius 2 is 1.92 bits per heavy atom. The predicted octanol–water partition coefficient (Wildman–Crippen LogP) is 1.83. The first-order chi connectivity index (χ1) is 11.5. The molecule has 1 amide bonds. The van der Waals surface area contributed by atoms with Crippen LogP contribution < -0.4 is 20.7 Å². The van der Waals surface area contributed by atoms with Crippen molar-refractivity contribution in [1.29, 1.82) is 0 Å². The molecule has 0 saturated heterocycles. The van der Waals surface area contributed by atoms with Gasteiger partial charge in [-0.05, 0) is 25.5 Å². The first kappa shape index (κ1) is 19.8. The van der Waals surface area contributed by atoms with E-state index in [9.17, 15) is 4.79 Å². The first-order valence-electron chi connectivity index (χ1n) is 8.42. The highest BCUT2D eigenvalue weighted by molar-refractivity contribution is 5.80. The van der Waals surface area contributed by atoms with Crippen LogP contribution in [0.4, 0.5) is 0 Å². The van der Waals surface area contributed by atoms with E-state index in [-0.39, 0.29) is 11.8 Å². The molecule has 0 radical (unpaired) electrons. The molecule has 1 aromatic carbocycles. The van der Waals surface area contributed by atoms with E-state index in [1.165, 1.54) is 5.56 Å². The maximum atomic E-state index is 11.5. The van der Waals surface area contributed by atoms with Gasteiger partial charge in [0.2, 0.25) is 5.91 Å². The number of amides is 1. The van der Waals surface area contributed by atoms with Gasteiger partial charge in [-0.15, -0.1) is 0 Å². The van der Waals surface area contributed by atoms with Crippen LogP contribution in [0, 0.1) is 12.8 Å². The van der Waals surface area contributed by atoms with Crippen molar-refractivity contribution in [1.82, 2.24) is 16.0 Å². The van der Waals surface area contributed by atoms with Crippen LogP contribution in [0.2, 0.25) is 0 Å². The summed E-state index contributed by atoms with van der Waals surface area (Å²) in [6.45, 7) is 10.2. The third-order valence-corrected chi connectivity index (χ3v) is 3.43. The summed E-state index contributed by atoms with van der Waals surface area (Å²) in [5.41, 5.74) is 2.25. The number of hydrogen-bond acceptors (Lipinski definition) is 3. The molecule has 1 aromatic rings. The van der Waals surface area contributed by atoms with Crippen molar-refractivity contribution in [3.05, 3.63) is 29.3 Å². The molecule has 0 unspecified atom stereocenters. The Balaban J connectivity index is 2.46. The normalized spacial score (nSPS) is 11.3. The lowest BCUT2D eigenvalue weighted by atomic mass is 10.1. The fourth-order valence-corrected chi connectivity index (χ4v) is 2.07. The smallest absolute Gasteiger partial charge is 0.222 e. The Labute approximate surface area is 145 Å². The second-order valence-corrected chi connectivity index (χ2v) is 5.84. The van der Waals surface area contributed by atoms with Gasteiger partial charge in [0.05, 0.1) is 6.61 Å². The average Bonchev–Trinajstić information content (AvgIpc) is 2.55. The second kappa shape index (κ2) is 10.5. The quantitative estimate of drug-likeness (QED) is 0.385. The summed E-state index contributed by atoms with van der Waals surface area (Å²) >= 11 is 0. The van der Waals surface area contributed by atoms with Gasteiger partial charge in [-0.3, -0.25) is 9.79 Å². The summed E-state index contributed by atoms with van der Waals surface area (Å²) in [6.07, 6.45) is 0. The summed E-state index contributed by atoms with van der Waals surface area (Å²) < 4.78 is 5.68. The molecular formula is C18H30N4O2. The van der Waals surface area contributed by atoms with Crippen LogP contribution in [0.5, 0.6) is 5.75 Å². The molecular weight excluding hydrogens is 304 g/mol. The van der Waals surface area contributed by atoms with E-state index in [1.54, 1.807) is 7.05 Å². The molecule has 0 bridgehead atoms. The van der Waals surface area contributed by atoms with Gasteiger partial charge in [-0.1, -0.05) is 26.0 Å². The second-order valence-electron chi connectivity index (χ2n) is 5.84. The van der Waals surface area contributed by atoms with Gasteiger partial charge in [0, 0.05) is 38.2 Å². The van der Waals surface area contributed by atoms with Crippen molar-refractivity contribution in [3.8, 4) is 5.75 Å². The fourth-order valence-electron chi connectivity index (χ4n) is 2.07. The molecule has 1 rings (SSSR count). The summed E-state index contributed by atoms with van der Waals surface area (Å²) in [5.74, 6) is 1.64. The highest BCUT2D eigenvalue weighted by Gasteiger charge is 2.07. The van der Waals surface area contributed by atoms with E-state index in [1.807, 2.05) is 33.8 Å². The minimum Gasteiger partial charge on any atom is -0.494 e. The van der Waals surface area contributed by atoms with Crippen LogP contribution in [-0.2, 0) is 11.3 Å². The Morgan fingerprint density at radius 1 is 1.21 bits per heavy atom. The number of aliphatic imine (C=N–C) groups is 1. The molecule has 0 saturated carbocycles. The Hall–Kier alpha value is -2.24. The van der Waals surface area contributed by atoms with E-state index in [2.05, 4.69) is 33.1 Å². The lowest BCUT2D eigenvalue weighted by Crippen LogP contribution is -2.41. The molecule has 0 aliphatic heterocycles. The number of hydrogen-bond donors (Lipinski definition) is 3. The molecule has 3 N–H and O–H groups in total. The zero-order chi connectivity index (χ0) is 17.9. The molecule has 0 atom stereocenters. The van der Waals surface area contributed by atoms with Crippen molar-refractivity contribution in [2.24, 2.45) is 10.9 Å². The van der Waals surface area contributed by atoms with E-state index in [0.29, 0.717) is 32.2 Å². The molecule has 134 valence electrons. The molecule has 6 heteroatoms. The van der Waals surface area contributed by atoms with Crippen LogP contribution in [0.15, 0.2) is 23.2 Å². The number of carbonyl (C=O) groups is 1. The highest BCUT2D eigenvalue weighted by Crippen LogP contribution is 2.20. The third-order valence-electron chi connectivity index (χ3n) is 3.43. The average molecular weight is 334 g/mol. The molecule has 24 heavy (non-hydrogen) atoms. The molecule has 6 nitrogen and oxygen atoms in total. The number of aryl methyl sites for hydroxylation is 1. The standard InChI is InChI=1S/C18H30N4O2/c1-6-24-16-11-14(4)7-8-15(16)12-22-18(19-5)21-10-9-20-17(23)13(2)3/h7-8,11,13H,6,9-10,12H2,1-5H3,(H,20,23)(H2,19,21,22). The summed E-state index contributed by atoms with van der Waals surface area (Å²) in [5, 5.41) is 9.30. The Morgan fingerprint density at radius 3 is 2.54 bits per heavy atom. The molecule has 0 aliphatic carbocycles. The summed E-state index contributed by atoms with van der Waals surface area (Å²) in [4.78, 5) is 15.7. The van der Waals surface area contributed by atoms with Crippen molar-refractivity contribution in [2.45, 2.75) is 34.2 Å². The van der Waals surface area contributed by atoms with Gasteiger partial charge in [0.1, 0.15) is 5.75 Å². The minimum atomic E-state index is 0.000890. The maximum Gasteiger partial charge on any atom is 0.222 e. The van der Waals surface area contributed by atoms with Crippen LogP contribution in [0.25, 0.3) is 0 Å². The largest absolute Gasteiger partial charge is 0.494 e. The van der Waals surface area contributed by atoms with Crippen LogP contribution in [0.3, 0.4) is 0 Å². The van der Waals surface area contributed by atoms with Gasteiger partial charge >= 0.3 is 0 Å². The number of rotatable bonds is 8. The summed E-state index contributed by atoms with van der Waals surface area (Å²) in [7, 11) is 1.72. The number of carbonyl (C=O) groups excluding carboxylic acids is 1. The van der Waals surface area contributed by atoms with Crippen LogP contribution >= 0.6 is 0 Å². The topological polar surface area (TPSA) is 74.8 Å². The molecule has 0 heterocycles. The lowest BCUT2D eigenvalue weighted by molar-refractivity contribution is -0.123. The zero-order valence-electron chi connectivity index (χ0n) is 15.4. The van der Waals surface area contributed by atoms with Gasteiger partial charge in [0.15, 0.2) is 5.96 Å². The maximum absolute atomic E-state index is 11.5. The van der Waals surface area contributed by atoms with Gasteiger partial charge < -0.3 is 20.7 Å². The molecule has 0 fully saturated rings. The zero-order valence-corrected chi connectivity index (χ0v) is 15.4. The third kappa shape index (κ3) is 6.89. The SMILES string of the molecule is CCOc1cc(C)ccc1CNC(=NC)NCCNC(=O)C(C)C. The number of guanidine groups is 1. The molecule has 0 aromatic heterocycles. The van der Waals surface area contributed by atoms with Crippen molar-refractivity contribution >= 4 is 11.9 Å². The Kier molecular flexibility index (Phi) is 8.68. The van der Waals surface area contributed by atoms with E-state index < -0.39 is 0 Å². The lowest BCUT2D eigenvalue weighted by Gasteiger charge is -2.15. The van der Waals surface area contributed by atoms with Crippen LogP contribution in [-0.4, -0.2) is 38.6 Å². The molecule has 0 aliphatic rings. The fraction of sp³-hybridized carbons (Fsp3) is 0.556. The van der Waals surface area contributed by atoms with E-state index >= 15 is 0 Å². The van der Waals surface area contributed by atoms with E-state index in [0.717, 1.165) is 11.3 Å². The highest BCUT2D eigenvalue weighted by atomic mass is 16.5. The number of nitrogens with zero attached hydrogens (tertiary/aromatic N) is 1. The molecule has 0 spiro atoms. The monoisotopic (exact) mass is 334 g/mol.